The quantitative estimate of drug-likeness (QED) is 0.802. The van der Waals surface area contributed by atoms with Crippen LogP contribution < -0.4 is 0 Å². The summed E-state index contributed by atoms with van der Waals surface area (Å²) in [4.78, 5) is 14.6. The zero-order valence-electron chi connectivity index (χ0n) is 10.5. The summed E-state index contributed by atoms with van der Waals surface area (Å²) in [5.41, 5.74) is 0. The van der Waals surface area contributed by atoms with E-state index in [0.29, 0.717) is 6.42 Å². The highest BCUT2D eigenvalue weighted by Crippen LogP contribution is 2.20. The van der Waals surface area contributed by atoms with Crippen LogP contribution in [0.25, 0.3) is 6.08 Å². The number of carboxylic acid groups (broad SMARTS) is 1. The maximum Gasteiger partial charge on any atom is 0.328 e. The number of aliphatic carboxylic acids is 1. The lowest BCUT2D eigenvalue weighted by Crippen LogP contribution is -2.27. The monoisotopic (exact) mass is 264 g/mol. The Kier molecular flexibility index (Phi) is 5.56. The van der Waals surface area contributed by atoms with Gasteiger partial charge in [0, 0.05) is 28.4 Å². The molecular weight excluding hydrogens is 248 g/mol. The third kappa shape index (κ3) is 4.70. The summed E-state index contributed by atoms with van der Waals surface area (Å²) in [6.07, 6.45) is 3.24. The molecule has 0 spiro atoms. The Bertz CT molecular complexity index is 474. The molecule has 0 amide bonds. The second-order valence-electron chi connectivity index (χ2n) is 4.10. The van der Waals surface area contributed by atoms with Crippen LogP contribution in [0.1, 0.15) is 23.1 Å². The van der Waals surface area contributed by atoms with Crippen molar-refractivity contribution in [2.45, 2.75) is 25.9 Å². The van der Waals surface area contributed by atoms with Crippen molar-refractivity contribution in [3.8, 4) is 6.07 Å². The number of rotatable bonds is 6. The summed E-state index contributed by atoms with van der Waals surface area (Å²) >= 11 is 1.56. The minimum absolute atomic E-state index is 0.218. The first-order valence-electron chi connectivity index (χ1n) is 5.60. The minimum Gasteiger partial charge on any atom is -0.478 e. The molecule has 0 saturated carbocycles. The highest BCUT2D eigenvalue weighted by Gasteiger charge is 2.10. The van der Waals surface area contributed by atoms with Gasteiger partial charge >= 0.3 is 5.97 Å². The molecular formula is C13H16N2O2S. The Balaban J connectivity index is 2.59. The van der Waals surface area contributed by atoms with E-state index < -0.39 is 5.97 Å². The first kappa shape index (κ1) is 14.4. The fourth-order valence-electron chi connectivity index (χ4n) is 1.41. The van der Waals surface area contributed by atoms with Gasteiger partial charge in [-0.3, -0.25) is 4.90 Å². The van der Waals surface area contributed by atoms with Gasteiger partial charge in [0.05, 0.1) is 12.5 Å². The number of nitriles is 1. The Morgan fingerprint density at radius 1 is 1.67 bits per heavy atom. The summed E-state index contributed by atoms with van der Waals surface area (Å²) in [5, 5.41) is 17.2. The molecule has 96 valence electrons. The maximum atomic E-state index is 10.4. The number of thiophene rings is 1. The second kappa shape index (κ2) is 6.94. The van der Waals surface area contributed by atoms with E-state index in [2.05, 4.69) is 11.0 Å². The molecule has 0 saturated heterocycles. The summed E-state index contributed by atoms with van der Waals surface area (Å²) < 4.78 is 0. The van der Waals surface area contributed by atoms with Crippen molar-refractivity contribution in [3.63, 3.8) is 0 Å². The first-order valence-corrected chi connectivity index (χ1v) is 6.41. The molecule has 0 bridgehead atoms. The highest BCUT2D eigenvalue weighted by molar-refractivity contribution is 7.12. The summed E-state index contributed by atoms with van der Waals surface area (Å²) in [5.74, 6) is -0.940. The first-order chi connectivity index (χ1) is 8.52. The van der Waals surface area contributed by atoms with Gasteiger partial charge in [-0.15, -0.1) is 11.3 Å². The lowest BCUT2D eigenvalue weighted by atomic mass is 10.2. The predicted octanol–water partition coefficient (Wildman–Crippen LogP) is 2.58. The molecule has 0 aliphatic heterocycles. The fraction of sp³-hybridized carbons (Fsp3) is 0.385. The van der Waals surface area contributed by atoms with Crippen LogP contribution in [0.2, 0.25) is 0 Å². The molecule has 0 fully saturated rings. The van der Waals surface area contributed by atoms with Gasteiger partial charge < -0.3 is 5.11 Å². The normalized spacial score (nSPS) is 12.8. The lowest BCUT2D eigenvalue weighted by molar-refractivity contribution is -0.131. The Morgan fingerprint density at radius 3 is 3.00 bits per heavy atom. The van der Waals surface area contributed by atoms with E-state index in [1.807, 2.05) is 26.1 Å². The molecule has 0 aromatic carbocycles. The third-order valence-electron chi connectivity index (χ3n) is 2.62. The van der Waals surface area contributed by atoms with Crippen molar-refractivity contribution in [2.75, 3.05) is 7.05 Å². The average Bonchev–Trinajstić information content (AvgIpc) is 2.74. The van der Waals surface area contributed by atoms with Crippen LogP contribution in [0.5, 0.6) is 0 Å². The minimum atomic E-state index is -0.940. The van der Waals surface area contributed by atoms with Crippen LogP contribution in [0, 0.1) is 11.3 Å². The molecule has 1 atom stereocenters. The summed E-state index contributed by atoms with van der Waals surface area (Å²) in [6, 6.07) is 6.27. The Morgan fingerprint density at radius 2 is 2.39 bits per heavy atom. The Labute approximate surface area is 111 Å². The van der Waals surface area contributed by atoms with E-state index in [-0.39, 0.29) is 6.04 Å². The van der Waals surface area contributed by atoms with Gasteiger partial charge in [-0.1, -0.05) is 0 Å². The summed E-state index contributed by atoms with van der Waals surface area (Å²) in [6.45, 7) is 2.79. The van der Waals surface area contributed by atoms with E-state index in [1.165, 1.54) is 0 Å². The van der Waals surface area contributed by atoms with Crippen molar-refractivity contribution in [2.24, 2.45) is 0 Å². The number of nitrogens with zero attached hydrogens (tertiary/aromatic N) is 2. The molecule has 1 unspecified atom stereocenters. The molecule has 0 radical (unpaired) electrons. The molecule has 18 heavy (non-hydrogen) atoms. The van der Waals surface area contributed by atoms with Crippen molar-refractivity contribution < 1.29 is 9.90 Å². The number of hydrogen-bond donors (Lipinski definition) is 1. The molecule has 1 heterocycles. The lowest BCUT2D eigenvalue weighted by Gasteiger charge is -2.21. The molecule has 4 nitrogen and oxygen atoms in total. The number of carboxylic acids is 1. The maximum absolute atomic E-state index is 10.4. The molecule has 1 aromatic heterocycles. The van der Waals surface area contributed by atoms with E-state index in [9.17, 15) is 4.79 Å². The smallest absolute Gasteiger partial charge is 0.328 e. The van der Waals surface area contributed by atoms with Crippen molar-refractivity contribution >= 4 is 23.4 Å². The van der Waals surface area contributed by atoms with Crippen LogP contribution in [-0.2, 0) is 11.3 Å². The molecule has 0 aliphatic rings. The standard InChI is InChI=1S/C13H16N2O2S/c1-10(7-8-14)15(2)9-12-4-3-11(18-12)5-6-13(16)17/h3-6,10H,7,9H2,1-2H3,(H,16,17)/b6-5+. The van der Waals surface area contributed by atoms with E-state index in [0.717, 1.165) is 22.4 Å². The third-order valence-corrected chi connectivity index (χ3v) is 3.65. The van der Waals surface area contributed by atoms with E-state index >= 15 is 0 Å². The van der Waals surface area contributed by atoms with Crippen molar-refractivity contribution in [1.29, 1.82) is 5.26 Å². The topological polar surface area (TPSA) is 64.3 Å². The highest BCUT2D eigenvalue weighted by atomic mass is 32.1. The van der Waals surface area contributed by atoms with Gasteiger partial charge in [-0.25, -0.2) is 4.79 Å². The van der Waals surface area contributed by atoms with Crippen LogP contribution >= 0.6 is 11.3 Å². The van der Waals surface area contributed by atoms with Gasteiger partial charge in [0.25, 0.3) is 0 Å². The van der Waals surface area contributed by atoms with Gasteiger partial charge in [-0.05, 0) is 32.2 Å². The molecule has 5 heteroatoms. The molecule has 1 rings (SSSR count). The van der Waals surface area contributed by atoms with Crippen molar-refractivity contribution in [3.05, 3.63) is 28.0 Å². The fourth-order valence-corrected chi connectivity index (χ4v) is 2.39. The number of carbonyl (C=O) groups is 1. The molecule has 0 aliphatic carbocycles. The van der Waals surface area contributed by atoms with Gasteiger partial charge in [0.15, 0.2) is 0 Å². The molecule has 1 aromatic rings. The van der Waals surface area contributed by atoms with Crippen LogP contribution in [0.3, 0.4) is 0 Å². The summed E-state index contributed by atoms with van der Waals surface area (Å²) in [7, 11) is 1.98. The Hall–Kier alpha value is -1.64. The average molecular weight is 264 g/mol. The van der Waals surface area contributed by atoms with E-state index in [4.69, 9.17) is 10.4 Å². The zero-order valence-corrected chi connectivity index (χ0v) is 11.3. The molecule has 1 N–H and O–H groups in total. The predicted molar refractivity (Wildman–Crippen MR) is 72.1 cm³/mol. The van der Waals surface area contributed by atoms with E-state index in [1.54, 1.807) is 17.4 Å². The van der Waals surface area contributed by atoms with Gasteiger partial charge in [0.2, 0.25) is 0 Å². The van der Waals surface area contributed by atoms with Crippen molar-refractivity contribution in [1.82, 2.24) is 4.90 Å². The van der Waals surface area contributed by atoms with Crippen LogP contribution in [0.15, 0.2) is 18.2 Å². The SMILES string of the molecule is CC(CC#N)N(C)Cc1ccc(/C=C/C(=O)O)s1. The van der Waals surface area contributed by atoms with Gasteiger partial charge in [0.1, 0.15) is 0 Å². The van der Waals surface area contributed by atoms with Crippen LogP contribution in [-0.4, -0.2) is 29.1 Å². The zero-order chi connectivity index (χ0) is 13.5. The van der Waals surface area contributed by atoms with Gasteiger partial charge in [-0.2, -0.15) is 5.26 Å². The second-order valence-corrected chi connectivity index (χ2v) is 5.30. The van der Waals surface area contributed by atoms with Crippen LogP contribution in [0.4, 0.5) is 0 Å². The number of hydrogen-bond acceptors (Lipinski definition) is 4. The largest absolute Gasteiger partial charge is 0.478 e.